The van der Waals surface area contributed by atoms with E-state index in [1.54, 1.807) is 0 Å². The van der Waals surface area contributed by atoms with E-state index in [4.69, 9.17) is 4.74 Å². The van der Waals surface area contributed by atoms with Gasteiger partial charge in [0.25, 0.3) is 0 Å². The number of amides is 1. The highest BCUT2D eigenvalue weighted by Crippen LogP contribution is 2.17. The van der Waals surface area contributed by atoms with Crippen LogP contribution in [0, 0.1) is 0 Å². The number of esters is 1. The van der Waals surface area contributed by atoms with Gasteiger partial charge in [0.2, 0.25) is 5.91 Å². The SMILES string of the molecule is CC/C=C/C/C=C/CCCCCCCCCC(=O)OC(CCCCCCCCCC)CC(=O)NC(CO)C(O)CCCCCCCCCCCC. The van der Waals surface area contributed by atoms with Gasteiger partial charge in [-0.3, -0.25) is 9.59 Å². The Balaban J connectivity index is 4.49. The van der Waals surface area contributed by atoms with E-state index in [0.29, 0.717) is 19.3 Å². The van der Waals surface area contributed by atoms with Crippen LogP contribution in [0.1, 0.15) is 226 Å². The lowest BCUT2D eigenvalue weighted by molar-refractivity contribution is -0.151. The van der Waals surface area contributed by atoms with Crippen LogP contribution in [0.25, 0.3) is 0 Å². The smallest absolute Gasteiger partial charge is 0.306 e. The third-order valence-corrected chi connectivity index (χ3v) is 10.0. The van der Waals surface area contributed by atoms with Crippen LogP contribution in [0.15, 0.2) is 24.3 Å². The van der Waals surface area contributed by atoms with Gasteiger partial charge in [0.1, 0.15) is 6.10 Å². The van der Waals surface area contributed by atoms with Crippen molar-refractivity contribution in [3.63, 3.8) is 0 Å². The minimum atomic E-state index is -0.781. The Morgan fingerprint density at radius 3 is 1.59 bits per heavy atom. The first kappa shape index (κ1) is 49.3. The lowest BCUT2D eigenvalue weighted by Gasteiger charge is -2.24. The zero-order valence-electron chi connectivity index (χ0n) is 34.0. The molecule has 0 radical (unpaired) electrons. The molecule has 0 fully saturated rings. The van der Waals surface area contributed by atoms with Gasteiger partial charge in [0.05, 0.1) is 25.2 Å². The average Bonchev–Trinajstić information content (AvgIpc) is 3.12. The Morgan fingerprint density at radius 1 is 0.588 bits per heavy atom. The molecule has 1 amide bonds. The maximum absolute atomic E-state index is 13.1. The normalized spacial score (nSPS) is 13.6. The summed E-state index contributed by atoms with van der Waals surface area (Å²) in [7, 11) is 0. The van der Waals surface area contributed by atoms with Gasteiger partial charge in [-0.15, -0.1) is 0 Å². The van der Waals surface area contributed by atoms with E-state index in [9.17, 15) is 19.8 Å². The van der Waals surface area contributed by atoms with Gasteiger partial charge in [-0.05, 0) is 51.4 Å². The van der Waals surface area contributed by atoms with Gasteiger partial charge >= 0.3 is 5.97 Å². The van der Waals surface area contributed by atoms with Crippen molar-refractivity contribution in [2.75, 3.05) is 6.61 Å². The highest BCUT2D eigenvalue weighted by atomic mass is 16.5. The molecule has 0 aromatic carbocycles. The molecule has 0 heterocycles. The fraction of sp³-hybridized carbons (Fsp3) is 0.867. The predicted octanol–water partition coefficient (Wildman–Crippen LogP) is 12.4. The second-order valence-electron chi connectivity index (χ2n) is 15.1. The van der Waals surface area contributed by atoms with Gasteiger partial charge in [-0.2, -0.15) is 0 Å². The molecule has 0 aromatic heterocycles. The lowest BCUT2D eigenvalue weighted by atomic mass is 10.0. The number of aliphatic hydroxyl groups is 2. The zero-order chi connectivity index (χ0) is 37.5. The van der Waals surface area contributed by atoms with E-state index in [0.717, 1.165) is 70.6 Å². The van der Waals surface area contributed by atoms with E-state index in [1.807, 2.05) is 0 Å². The number of unbranched alkanes of at least 4 members (excludes halogenated alkanes) is 23. The summed E-state index contributed by atoms with van der Waals surface area (Å²) in [5.41, 5.74) is 0. The number of ether oxygens (including phenoxy) is 1. The number of aliphatic hydroxyl groups excluding tert-OH is 2. The fourth-order valence-electron chi connectivity index (χ4n) is 6.70. The molecule has 0 aromatic rings. The quantitative estimate of drug-likeness (QED) is 0.0334. The van der Waals surface area contributed by atoms with Crippen molar-refractivity contribution < 1.29 is 24.5 Å². The molecule has 300 valence electrons. The molecule has 0 aliphatic heterocycles. The molecular formula is C45H85NO5. The molecule has 0 saturated carbocycles. The van der Waals surface area contributed by atoms with Crippen LogP contribution < -0.4 is 5.32 Å². The number of nitrogens with one attached hydrogen (secondary N) is 1. The van der Waals surface area contributed by atoms with Crippen molar-refractivity contribution in [1.29, 1.82) is 0 Å². The van der Waals surface area contributed by atoms with Gasteiger partial charge < -0.3 is 20.3 Å². The molecule has 0 aliphatic carbocycles. The van der Waals surface area contributed by atoms with Crippen molar-refractivity contribution in [3.8, 4) is 0 Å². The minimum Gasteiger partial charge on any atom is -0.462 e. The van der Waals surface area contributed by atoms with Gasteiger partial charge in [-0.25, -0.2) is 0 Å². The van der Waals surface area contributed by atoms with Gasteiger partial charge in [0, 0.05) is 6.42 Å². The molecule has 3 N–H and O–H groups in total. The summed E-state index contributed by atoms with van der Waals surface area (Å²) in [5.74, 6) is -0.481. The highest BCUT2D eigenvalue weighted by molar-refractivity contribution is 5.77. The van der Waals surface area contributed by atoms with E-state index in [1.165, 1.54) is 109 Å². The number of carbonyl (C=O) groups excluding carboxylic acids is 2. The Kier molecular flexibility index (Phi) is 38.3. The largest absolute Gasteiger partial charge is 0.462 e. The van der Waals surface area contributed by atoms with Crippen LogP contribution in [-0.2, 0) is 14.3 Å². The third kappa shape index (κ3) is 35.2. The van der Waals surface area contributed by atoms with E-state index in [-0.39, 0.29) is 24.9 Å². The summed E-state index contributed by atoms with van der Waals surface area (Å²) >= 11 is 0. The molecule has 0 bridgehead atoms. The minimum absolute atomic E-state index is 0.0777. The van der Waals surface area contributed by atoms with Crippen molar-refractivity contribution >= 4 is 11.9 Å². The van der Waals surface area contributed by atoms with Crippen LogP contribution in [0.5, 0.6) is 0 Å². The molecule has 0 rings (SSSR count). The average molecular weight is 720 g/mol. The Morgan fingerprint density at radius 2 is 1.06 bits per heavy atom. The van der Waals surface area contributed by atoms with Crippen LogP contribution in [0.4, 0.5) is 0 Å². The molecule has 6 nitrogen and oxygen atoms in total. The second-order valence-corrected chi connectivity index (χ2v) is 15.1. The number of hydrogen-bond donors (Lipinski definition) is 3. The maximum atomic E-state index is 13.1. The lowest BCUT2D eigenvalue weighted by Crippen LogP contribution is -2.46. The fourth-order valence-corrected chi connectivity index (χ4v) is 6.70. The Bertz CT molecular complexity index is 812. The van der Waals surface area contributed by atoms with Crippen molar-refractivity contribution in [2.45, 2.75) is 244 Å². The molecule has 3 atom stereocenters. The predicted molar refractivity (Wildman–Crippen MR) is 218 cm³/mol. The number of rotatable bonds is 39. The summed E-state index contributed by atoms with van der Waals surface area (Å²) in [6.45, 7) is 6.33. The summed E-state index contributed by atoms with van der Waals surface area (Å²) in [4.78, 5) is 25.9. The zero-order valence-corrected chi connectivity index (χ0v) is 34.0. The van der Waals surface area contributed by atoms with Crippen LogP contribution in [0.2, 0.25) is 0 Å². The van der Waals surface area contributed by atoms with Crippen LogP contribution in [-0.4, -0.2) is 46.9 Å². The van der Waals surface area contributed by atoms with Crippen molar-refractivity contribution in [3.05, 3.63) is 24.3 Å². The van der Waals surface area contributed by atoms with E-state index < -0.39 is 18.2 Å². The molecule has 0 spiro atoms. The van der Waals surface area contributed by atoms with Crippen molar-refractivity contribution in [1.82, 2.24) is 5.32 Å². The first-order chi connectivity index (χ1) is 25.0. The first-order valence-electron chi connectivity index (χ1n) is 22.1. The summed E-state index contributed by atoms with van der Waals surface area (Å²) in [6.07, 6.45) is 42.4. The summed E-state index contributed by atoms with van der Waals surface area (Å²) in [6, 6.07) is -0.694. The topological polar surface area (TPSA) is 95.9 Å². The van der Waals surface area contributed by atoms with Crippen LogP contribution >= 0.6 is 0 Å². The first-order valence-corrected chi connectivity index (χ1v) is 22.1. The van der Waals surface area contributed by atoms with Gasteiger partial charge in [-0.1, -0.05) is 186 Å². The molecule has 6 heteroatoms. The Hall–Kier alpha value is -1.66. The van der Waals surface area contributed by atoms with Gasteiger partial charge in [0.15, 0.2) is 0 Å². The second kappa shape index (κ2) is 39.5. The molecule has 3 unspecified atom stereocenters. The number of carbonyl (C=O) groups is 2. The molecule has 0 saturated heterocycles. The monoisotopic (exact) mass is 720 g/mol. The molecular weight excluding hydrogens is 634 g/mol. The Labute approximate surface area is 316 Å². The van der Waals surface area contributed by atoms with Crippen LogP contribution in [0.3, 0.4) is 0 Å². The molecule has 0 aliphatic rings. The standard InChI is InChI=1S/C45H85NO5/c1-4-7-10-13-16-19-21-22-23-24-26-29-32-35-38-45(50)51-41(36-33-30-27-18-15-12-9-6-3)39-44(49)46-42(40-47)43(48)37-34-31-28-25-20-17-14-11-8-5-2/h7,10,16,19,41-43,47-48H,4-6,8-9,11-15,17-18,20-40H2,1-3H3,(H,46,49)/b10-7+,19-16+. The highest BCUT2D eigenvalue weighted by Gasteiger charge is 2.24. The van der Waals surface area contributed by atoms with Crippen molar-refractivity contribution in [2.24, 2.45) is 0 Å². The summed E-state index contributed by atoms with van der Waals surface area (Å²) < 4.78 is 5.87. The maximum Gasteiger partial charge on any atom is 0.306 e. The van der Waals surface area contributed by atoms with E-state index >= 15 is 0 Å². The summed E-state index contributed by atoms with van der Waals surface area (Å²) in [5, 5.41) is 23.5. The molecule has 51 heavy (non-hydrogen) atoms. The third-order valence-electron chi connectivity index (χ3n) is 10.0. The number of hydrogen-bond acceptors (Lipinski definition) is 5. The number of allylic oxidation sites excluding steroid dienone is 4. The van der Waals surface area contributed by atoms with E-state index in [2.05, 4.69) is 50.4 Å².